The number of hydrogen-bond donors (Lipinski definition) is 0. The summed E-state index contributed by atoms with van der Waals surface area (Å²) in [6, 6.07) is 26.0. The molecule has 0 aliphatic heterocycles. The first-order valence-electron chi connectivity index (χ1n) is 12.4. The van der Waals surface area contributed by atoms with Crippen LogP contribution in [-0.4, -0.2) is 48.9 Å². The first-order chi connectivity index (χ1) is 18.0. The van der Waals surface area contributed by atoms with Gasteiger partial charge in [-0.3, -0.25) is 0 Å². The fourth-order valence-corrected chi connectivity index (χ4v) is 4.36. The Hall–Kier alpha value is -3.97. The van der Waals surface area contributed by atoms with Crippen LogP contribution in [0.4, 0.5) is 0 Å². The zero-order valence-electron chi connectivity index (χ0n) is 20.7. The van der Waals surface area contributed by atoms with Crippen molar-refractivity contribution in [1.29, 1.82) is 0 Å². The van der Waals surface area contributed by atoms with Gasteiger partial charge < -0.3 is 18.9 Å². The number of carbonyl (C=O) groups is 3. The lowest BCUT2D eigenvalue weighted by Crippen LogP contribution is -2.38. The first kappa shape index (κ1) is 26.1. The van der Waals surface area contributed by atoms with Gasteiger partial charge in [-0.2, -0.15) is 0 Å². The van der Waals surface area contributed by atoms with Crippen molar-refractivity contribution in [2.45, 2.75) is 50.6 Å². The molecule has 0 heterocycles. The molecule has 0 saturated heterocycles. The fourth-order valence-electron chi connectivity index (χ4n) is 4.36. The zero-order valence-corrected chi connectivity index (χ0v) is 20.7. The lowest BCUT2D eigenvalue weighted by atomic mass is 10.1. The van der Waals surface area contributed by atoms with Crippen LogP contribution in [0, 0.1) is 0 Å². The summed E-state index contributed by atoms with van der Waals surface area (Å²) >= 11 is 0. The molecule has 7 heteroatoms. The van der Waals surface area contributed by atoms with E-state index in [2.05, 4.69) is 0 Å². The van der Waals surface area contributed by atoms with Gasteiger partial charge in [0.25, 0.3) is 0 Å². The highest BCUT2D eigenvalue weighted by molar-refractivity contribution is 5.90. The Bertz CT molecular complexity index is 1160. The summed E-state index contributed by atoms with van der Waals surface area (Å²) in [4.78, 5) is 38.7. The molecule has 37 heavy (non-hydrogen) atoms. The molecule has 3 aromatic carbocycles. The molecule has 192 valence electrons. The lowest BCUT2D eigenvalue weighted by molar-refractivity contribution is -0.0735. The van der Waals surface area contributed by atoms with Crippen LogP contribution < -0.4 is 0 Å². The van der Waals surface area contributed by atoms with Gasteiger partial charge >= 0.3 is 17.9 Å². The van der Waals surface area contributed by atoms with E-state index in [9.17, 15) is 14.4 Å². The van der Waals surface area contributed by atoms with Crippen LogP contribution in [0.25, 0.3) is 0 Å². The van der Waals surface area contributed by atoms with Gasteiger partial charge in [0.05, 0.1) is 22.8 Å². The maximum Gasteiger partial charge on any atom is 0.338 e. The topological polar surface area (TPSA) is 88.1 Å². The second-order valence-corrected chi connectivity index (χ2v) is 8.74. The maximum absolute atomic E-state index is 12.9. The van der Waals surface area contributed by atoms with E-state index in [1.165, 1.54) is 0 Å². The van der Waals surface area contributed by atoms with Gasteiger partial charge in [0.1, 0.15) is 18.3 Å². The van der Waals surface area contributed by atoms with E-state index in [0.29, 0.717) is 36.1 Å². The highest BCUT2D eigenvalue weighted by Gasteiger charge is 2.40. The summed E-state index contributed by atoms with van der Waals surface area (Å²) in [7, 11) is 0. The van der Waals surface area contributed by atoms with Crippen molar-refractivity contribution in [3.05, 3.63) is 108 Å². The molecule has 0 radical (unpaired) electrons. The number of rotatable bonds is 8. The van der Waals surface area contributed by atoms with Gasteiger partial charge in [0, 0.05) is 13.0 Å². The van der Waals surface area contributed by atoms with Crippen molar-refractivity contribution in [2.75, 3.05) is 6.61 Å². The number of hydrogen-bond acceptors (Lipinski definition) is 7. The van der Waals surface area contributed by atoms with Gasteiger partial charge in [-0.25, -0.2) is 14.4 Å². The van der Waals surface area contributed by atoms with Crippen molar-refractivity contribution >= 4 is 17.9 Å². The van der Waals surface area contributed by atoms with Gasteiger partial charge in [0.15, 0.2) is 0 Å². The van der Waals surface area contributed by atoms with Crippen LogP contribution in [0.1, 0.15) is 57.3 Å². The predicted octanol–water partition coefficient (Wildman–Crippen LogP) is 5.25. The molecule has 1 fully saturated rings. The minimum absolute atomic E-state index is 0.200. The molecule has 4 atom stereocenters. The smallest absolute Gasteiger partial charge is 0.338 e. The molecule has 7 nitrogen and oxygen atoms in total. The number of carbonyl (C=O) groups excluding carboxylic acids is 3. The summed E-state index contributed by atoms with van der Waals surface area (Å²) < 4.78 is 23.6. The SMILES string of the molecule is CCO[C@H]1C[C@H](OC(=O)c2ccccc2)[C@H](OC(=O)c2ccccc2)CC[C@@H]1OC(=O)c1ccccc1. The average molecular weight is 503 g/mol. The van der Waals surface area contributed by atoms with Crippen molar-refractivity contribution in [3.8, 4) is 0 Å². The molecule has 0 aromatic heterocycles. The molecule has 0 unspecified atom stereocenters. The number of esters is 3. The van der Waals surface area contributed by atoms with E-state index in [4.69, 9.17) is 18.9 Å². The highest BCUT2D eigenvalue weighted by atomic mass is 16.6. The van der Waals surface area contributed by atoms with Crippen LogP contribution in [0.3, 0.4) is 0 Å². The minimum atomic E-state index is -0.794. The molecule has 0 spiro atoms. The summed E-state index contributed by atoms with van der Waals surface area (Å²) in [6.07, 6.45) is -1.80. The molecule has 1 aliphatic rings. The molecule has 1 saturated carbocycles. The van der Waals surface area contributed by atoms with E-state index in [0.717, 1.165) is 0 Å². The molecule has 0 N–H and O–H groups in total. The van der Waals surface area contributed by atoms with E-state index < -0.39 is 42.3 Å². The van der Waals surface area contributed by atoms with Crippen molar-refractivity contribution in [3.63, 3.8) is 0 Å². The van der Waals surface area contributed by atoms with Gasteiger partial charge in [-0.15, -0.1) is 0 Å². The largest absolute Gasteiger partial charge is 0.456 e. The Labute approximate surface area is 216 Å². The second-order valence-electron chi connectivity index (χ2n) is 8.74. The van der Waals surface area contributed by atoms with Gasteiger partial charge in [-0.05, 0) is 56.2 Å². The Morgan fingerprint density at radius 3 is 1.30 bits per heavy atom. The summed E-state index contributed by atoms with van der Waals surface area (Å²) in [5.74, 6) is -1.51. The third-order valence-corrected chi connectivity index (χ3v) is 6.21. The number of ether oxygens (including phenoxy) is 4. The monoisotopic (exact) mass is 502 g/mol. The van der Waals surface area contributed by atoms with Crippen LogP contribution in [0.5, 0.6) is 0 Å². The van der Waals surface area contributed by atoms with Crippen molar-refractivity contribution < 1.29 is 33.3 Å². The second kappa shape index (κ2) is 12.8. The molecule has 1 aliphatic carbocycles. The third kappa shape index (κ3) is 7.05. The Morgan fingerprint density at radius 2 is 0.919 bits per heavy atom. The van der Waals surface area contributed by atoms with Crippen molar-refractivity contribution in [1.82, 2.24) is 0 Å². The van der Waals surface area contributed by atoms with Crippen LogP contribution in [0.15, 0.2) is 91.0 Å². The average Bonchev–Trinajstić information content (AvgIpc) is 3.09. The third-order valence-electron chi connectivity index (χ3n) is 6.21. The number of benzene rings is 3. The standard InChI is InChI=1S/C30H30O7/c1-2-34-26-20-27(37-30(33)23-16-10-5-11-17-23)25(36-29(32)22-14-8-4-9-15-22)19-18-24(26)35-28(31)21-12-6-3-7-13-21/h3-17,24-27H,2,18-20H2,1H3/t24-,25+,26-,27-/m0/s1. The molecule has 4 rings (SSSR count). The Balaban J connectivity index is 1.56. The van der Waals surface area contributed by atoms with Crippen LogP contribution in [0.2, 0.25) is 0 Å². The lowest BCUT2D eigenvalue weighted by Gasteiger charge is -2.28. The van der Waals surface area contributed by atoms with Crippen LogP contribution >= 0.6 is 0 Å². The van der Waals surface area contributed by atoms with Crippen LogP contribution in [-0.2, 0) is 18.9 Å². The zero-order chi connectivity index (χ0) is 26.0. The van der Waals surface area contributed by atoms with E-state index in [1.54, 1.807) is 72.8 Å². The Kier molecular flexibility index (Phi) is 9.05. The Morgan fingerprint density at radius 1 is 0.568 bits per heavy atom. The molecular weight excluding hydrogens is 472 g/mol. The predicted molar refractivity (Wildman–Crippen MR) is 136 cm³/mol. The minimum Gasteiger partial charge on any atom is -0.456 e. The summed E-state index contributed by atoms with van der Waals surface area (Å²) in [5.41, 5.74) is 1.22. The first-order valence-corrected chi connectivity index (χ1v) is 12.4. The summed E-state index contributed by atoms with van der Waals surface area (Å²) in [6.45, 7) is 2.22. The fraction of sp³-hybridized carbons (Fsp3) is 0.300. The quantitative estimate of drug-likeness (QED) is 0.236. The normalized spacial score (nSPS) is 21.3. The molecule has 3 aromatic rings. The van der Waals surface area contributed by atoms with Gasteiger partial charge in [-0.1, -0.05) is 54.6 Å². The van der Waals surface area contributed by atoms with E-state index in [-0.39, 0.29) is 6.42 Å². The highest BCUT2D eigenvalue weighted by Crippen LogP contribution is 2.29. The molecule has 0 bridgehead atoms. The summed E-state index contributed by atoms with van der Waals surface area (Å²) in [5, 5.41) is 0. The van der Waals surface area contributed by atoms with E-state index in [1.807, 2.05) is 25.1 Å². The van der Waals surface area contributed by atoms with Gasteiger partial charge in [0.2, 0.25) is 0 Å². The molecular formula is C30H30O7. The molecule has 0 amide bonds. The van der Waals surface area contributed by atoms with E-state index >= 15 is 0 Å². The maximum atomic E-state index is 12.9. The van der Waals surface area contributed by atoms with Crippen molar-refractivity contribution in [2.24, 2.45) is 0 Å².